The number of fused-ring (bicyclic) bond motifs is 1. The Kier molecular flexibility index (Phi) is 5.08. The number of nitrogens with one attached hydrogen (secondary N) is 2. The molecule has 3 rings (SSSR count). The number of urea groups is 1. The highest BCUT2D eigenvalue weighted by Crippen LogP contribution is 2.34. The van der Waals surface area contributed by atoms with E-state index in [9.17, 15) is 9.59 Å². The van der Waals surface area contributed by atoms with Crippen molar-refractivity contribution in [2.24, 2.45) is 0 Å². The molecule has 7 nitrogen and oxygen atoms in total. The van der Waals surface area contributed by atoms with Gasteiger partial charge in [0.05, 0.1) is 0 Å². The van der Waals surface area contributed by atoms with Crippen molar-refractivity contribution in [1.29, 1.82) is 0 Å². The predicted molar refractivity (Wildman–Crippen MR) is 89.2 cm³/mol. The molecule has 2 heterocycles. The lowest BCUT2D eigenvalue weighted by molar-refractivity contribution is -0.124. The van der Waals surface area contributed by atoms with Crippen molar-refractivity contribution < 1.29 is 19.1 Å². The number of rotatable bonds is 5. The molecule has 0 aromatic heterocycles. The maximum absolute atomic E-state index is 12.5. The number of hydrogen-bond donors (Lipinski definition) is 2. The molecule has 0 spiro atoms. The van der Waals surface area contributed by atoms with E-state index in [1.54, 1.807) is 23.1 Å². The van der Waals surface area contributed by atoms with E-state index in [2.05, 4.69) is 17.6 Å². The Hall–Kier alpha value is -2.44. The predicted octanol–water partition coefficient (Wildman–Crippen LogP) is 2.33. The van der Waals surface area contributed by atoms with Crippen LogP contribution in [0.4, 0.5) is 10.5 Å². The highest BCUT2D eigenvalue weighted by atomic mass is 16.7. The summed E-state index contributed by atoms with van der Waals surface area (Å²) in [7, 11) is 0. The van der Waals surface area contributed by atoms with E-state index in [4.69, 9.17) is 9.47 Å². The molecule has 2 aliphatic rings. The summed E-state index contributed by atoms with van der Waals surface area (Å²) in [5.41, 5.74) is 0.626. The molecule has 0 bridgehead atoms. The molecule has 24 heavy (non-hydrogen) atoms. The molecule has 7 heteroatoms. The molecule has 1 atom stereocenters. The van der Waals surface area contributed by atoms with Gasteiger partial charge in [-0.05, 0) is 31.4 Å². The fourth-order valence-corrected chi connectivity index (χ4v) is 2.96. The number of anilines is 1. The van der Waals surface area contributed by atoms with Gasteiger partial charge in [0.2, 0.25) is 12.7 Å². The first kappa shape index (κ1) is 16.4. The fraction of sp³-hybridized carbons (Fsp3) is 0.529. The van der Waals surface area contributed by atoms with Gasteiger partial charge in [0.15, 0.2) is 11.5 Å². The first-order valence-corrected chi connectivity index (χ1v) is 8.44. The van der Waals surface area contributed by atoms with E-state index in [1.807, 2.05) is 0 Å². The molecular formula is C17H23N3O4. The molecule has 0 saturated carbocycles. The molecule has 1 unspecified atom stereocenters. The van der Waals surface area contributed by atoms with Gasteiger partial charge in [0, 0.05) is 24.8 Å². The summed E-state index contributed by atoms with van der Waals surface area (Å²) < 4.78 is 10.6. The Balaban J connectivity index is 1.60. The Morgan fingerprint density at radius 2 is 2.12 bits per heavy atom. The van der Waals surface area contributed by atoms with Gasteiger partial charge in [-0.25, -0.2) is 4.79 Å². The number of hydrogen-bond acceptors (Lipinski definition) is 4. The number of carbonyl (C=O) groups excluding carboxylic acids is 2. The van der Waals surface area contributed by atoms with Crippen LogP contribution in [0.3, 0.4) is 0 Å². The molecule has 0 aliphatic carbocycles. The topological polar surface area (TPSA) is 79.9 Å². The standard InChI is InChI=1S/C17H23N3O4/c1-2-3-8-18-16(21)13-5-4-9-20(13)17(22)19-12-6-7-14-15(10-12)24-11-23-14/h6-7,10,13H,2-5,8-9,11H2,1H3,(H,18,21)(H,19,22). The van der Waals surface area contributed by atoms with Crippen LogP contribution >= 0.6 is 0 Å². The minimum Gasteiger partial charge on any atom is -0.454 e. The van der Waals surface area contributed by atoms with Gasteiger partial charge in [-0.15, -0.1) is 0 Å². The summed E-state index contributed by atoms with van der Waals surface area (Å²) in [5, 5.41) is 5.75. The summed E-state index contributed by atoms with van der Waals surface area (Å²) in [6.07, 6.45) is 3.51. The number of nitrogens with zero attached hydrogens (tertiary/aromatic N) is 1. The van der Waals surface area contributed by atoms with Crippen LogP contribution in [0.25, 0.3) is 0 Å². The third kappa shape index (κ3) is 3.55. The highest BCUT2D eigenvalue weighted by molar-refractivity contribution is 5.94. The minimum atomic E-state index is -0.393. The molecule has 1 aromatic carbocycles. The number of unbranched alkanes of at least 4 members (excludes halogenated alkanes) is 1. The normalized spacial score (nSPS) is 18.5. The quantitative estimate of drug-likeness (QED) is 0.811. The van der Waals surface area contributed by atoms with E-state index in [1.165, 1.54) is 0 Å². The maximum Gasteiger partial charge on any atom is 0.322 e. The van der Waals surface area contributed by atoms with Crippen molar-refractivity contribution in [3.8, 4) is 11.5 Å². The summed E-state index contributed by atoms with van der Waals surface area (Å²) in [4.78, 5) is 26.4. The number of benzene rings is 1. The molecule has 1 fully saturated rings. The minimum absolute atomic E-state index is 0.0678. The Bertz CT molecular complexity index is 620. The largest absolute Gasteiger partial charge is 0.454 e. The highest BCUT2D eigenvalue weighted by Gasteiger charge is 2.34. The van der Waals surface area contributed by atoms with Gasteiger partial charge < -0.3 is 25.0 Å². The van der Waals surface area contributed by atoms with Crippen LogP contribution < -0.4 is 20.1 Å². The zero-order chi connectivity index (χ0) is 16.9. The Morgan fingerprint density at radius 1 is 1.29 bits per heavy atom. The van der Waals surface area contributed by atoms with Crippen molar-refractivity contribution in [1.82, 2.24) is 10.2 Å². The van der Waals surface area contributed by atoms with Crippen molar-refractivity contribution in [3.63, 3.8) is 0 Å². The smallest absolute Gasteiger partial charge is 0.322 e. The molecular weight excluding hydrogens is 310 g/mol. The van der Waals surface area contributed by atoms with E-state index in [0.29, 0.717) is 36.7 Å². The summed E-state index contributed by atoms with van der Waals surface area (Å²) in [5.74, 6) is 1.22. The SMILES string of the molecule is CCCCNC(=O)C1CCCN1C(=O)Nc1ccc2c(c1)OCO2. The zero-order valence-electron chi connectivity index (χ0n) is 13.8. The number of carbonyl (C=O) groups is 2. The van der Waals surface area contributed by atoms with Gasteiger partial charge in [-0.3, -0.25) is 4.79 Å². The van der Waals surface area contributed by atoms with Gasteiger partial charge in [0.25, 0.3) is 0 Å². The Labute approximate surface area is 141 Å². The van der Waals surface area contributed by atoms with Crippen LogP contribution in [-0.2, 0) is 4.79 Å². The van der Waals surface area contributed by atoms with Crippen molar-refractivity contribution in [3.05, 3.63) is 18.2 Å². The number of likely N-dealkylation sites (tertiary alicyclic amines) is 1. The summed E-state index contributed by atoms with van der Waals surface area (Å²) >= 11 is 0. The van der Waals surface area contributed by atoms with Crippen LogP contribution in [0.5, 0.6) is 11.5 Å². The molecule has 2 aliphatic heterocycles. The number of ether oxygens (including phenoxy) is 2. The molecule has 130 valence electrons. The van der Waals surface area contributed by atoms with E-state index in [0.717, 1.165) is 19.3 Å². The maximum atomic E-state index is 12.5. The first-order chi connectivity index (χ1) is 11.7. The van der Waals surface area contributed by atoms with Crippen molar-refractivity contribution >= 4 is 17.6 Å². The van der Waals surface area contributed by atoms with Gasteiger partial charge in [-0.1, -0.05) is 13.3 Å². The molecule has 0 radical (unpaired) electrons. The van der Waals surface area contributed by atoms with Gasteiger partial charge in [-0.2, -0.15) is 0 Å². The average molecular weight is 333 g/mol. The third-order valence-corrected chi connectivity index (χ3v) is 4.27. The van der Waals surface area contributed by atoms with Crippen LogP contribution in [0.15, 0.2) is 18.2 Å². The van der Waals surface area contributed by atoms with Crippen LogP contribution in [-0.4, -0.2) is 42.8 Å². The lowest BCUT2D eigenvalue weighted by Gasteiger charge is -2.24. The summed E-state index contributed by atoms with van der Waals surface area (Å²) in [6, 6.07) is 4.60. The first-order valence-electron chi connectivity index (χ1n) is 8.44. The van der Waals surface area contributed by atoms with Crippen LogP contribution in [0.1, 0.15) is 32.6 Å². The second-order valence-electron chi connectivity index (χ2n) is 5.99. The van der Waals surface area contributed by atoms with Gasteiger partial charge in [0.1, 0.15) is 6.04 Å². The van der Waals surface area contributed by atoms with Gasteiger partial charge >= 0.3 is 6.03 Å². The molecule has 1 aromatic rings. The third-order valence-electron chi connectivity index (χ3n) is 4.27. The monoisotopic (exact) mass is 333 g/mol. The van der Waals surface area contributed by atoms with Crippen LogP contribution in [0, 0.1) is 0 Å². The van der Waals surface area contributed by atoms with E-state index < -0.39 is 6.04 Å². The lowest BCUT2D eigenvalue weighted by Crippen LogP contribution is -2.47. The summed E-state index contributed by atoms with van der Waals surface area (Å²) in [6.45, 7) is 3.51. The molecule has 3 amide bonds. The van der Waals surface area contributed by atoms with Crippen LogP contribution in [0.2, 0.25) is 0 Å². The van der Waals surface area contributed by atoms with E-state index in [-0.39, 0.29) is 18.7 Å². The lowest BCUT2D eigenvalue weighted by atomic mass is 10.2. The molecule has 1 saturated heterocycles. The van der Waals surface area contributed by atoms with E-state index >= 15 is 0 Å². The number of amides is 3. The van der Waals surface area contributed by atoms with Crippen molar-refractivity contribution in [2.45, 2.75) is 38.6 Å². The second kappa shape index (κ2) is 7.42. The zero-order valence-corrected chi connectivity index (χ0v) is 13.8. The average Bonchev–Trinajstić information content (AvgIpc) is 3.23. The molecule has 2 N–H and O–H groups in total. The Morgan fingerprint density at radius 3 is 2.96 bits per heavy atom. The fourth-order valence-electron chi connectivity index (χ4n) is 2.96. The second-order valence-corrected chi connectivity index (χ2v) is 5.99. The van der Waals surface area contributed by atoms with Crippen molar-refractivity contribution in [2.75, 3.05) is 25.2 Å².